The molecule has 0 spiro atoms. The number of anilines is 1. The van der Waals surface area contributed by atoms with Crippen molar-refractivity contribution in [3.05, 3.63) is 83.1 Å². The number of aliphatic carboxylic acids is 1. The number of aryl methyl sites for hydroxylation is 1. The summed E-state index contributed by atoms with van der Waals surface area (Å²) in [5.41, 5.74) is 2.68. The molecule has 1 amide bonds. The van der Waals surface area contributed by atoms with Crippen LogP contribution in [0, 0.1) is 0 Å². The zero-order valence-electron chi connectivity index (χ0n) is 17.2. The standard InChI is InChI=1S/C24H20ClN3O4/c1-2-28-19-6-4-3-5-16(19)13-20(28)24(31)27-17-8-10-22(26-14-17)32-21-9-7-15(11-18(21)25)12-23(29)30/h3-11,13-14H,2,12H2,1H3,(H,27,31)(H,29,30). The van der Waals surface area contributed by atoms with E-state index in [4.69, 9.17) is 21.4 Å². The van der Waals surface area contributed by atoms with E-state index in [1.165, 1.54) is 6.20 Å². The summed E-state index contributed by atoms with van der Waals surface area (Å²) in [6.07, 6.45) is 1.38. The van der Waals surface area contributed by atoms with Crippen molar-refractivity contribution in [3.8, 4) is 11.6 Å². The molecule has 162 valence electrons. The van der Waals surface area contributed by atoms with E-state index in [0.29, 0.717) is 35.1 Å². The maximum absolute atomic E-state index is 12.8. The summed E-state index contributed by atoms with van der Waals surface area (Å²) in [7, 11) is 0. The number of aromatic nitrogens is 2. The fourth-order valence-electron chi connectivity index (χ4n) is 3.47. The van der Waals surface area contributed by atoms with E-state index in [9.17, 15) is 9.59 Å². The number of rotatable bonds is 7. The molecule has 0 aliphatic rings. The van der Waals surface area contributed by atoms with Gasteiger partial charge in [0.05, 0.1) is 23.3 Å². The maximum Gasteiger partial charge on any atom is 0.307 e. The number of fused-ring (bicyclic) bond motifs is 1. The summed E-state index contributed by atoms with van der Waals surface area (Å²) in [5, 5.41) is 13.0. The molecule has 8 heteroatoms. The Labute approximate surface area is 189 Å². The van der Waals surface area contributed by atoms with Crippen molar-refractivity contribution in [1.82, 2.24) is 9.55 Å². The average molecular weight is 450 g/mol. The molecule has 0 saturated carbocycles. The molecule has 2 aromatic carbocycles. The Morgan fingerprint density at radius 2 is 1.94 bits per heavy atom. The lowest BCUT2D eigenvalue weighted by atomic mass is 10.1. The Kier molecular flexibility index (Phi) is 6.09. The third kappa shape index (κ3) is 4.58. The Bertz CT molecular complexity index is 1300. The number of carbonyl (C=O) groups excluding carboxylic acids is 1. The smallest absolute Gasteiger partial charge is 0.307 e. The van der Waals surface area contributed by atoms with Gasteiger partial charge in [0, 0.05) is 23.5 Å². The molecule has 0 bridgehead atoms. The highest BCUT2D eigenvalue weighted by Crippen LogP contribution is 2.30. The first-order chi connectivity index (χ1) is 15.4. The molecule has 4 rings (SSSR count). The Morgan fingerprint density at radius 3 is 2.62 bits per heavy atom. The number of nitrogens with one attached hydrogen (secondary N) is 1. The van der Waals surface area contributed by atoms with Crippen molar-refractivity contribution < 1.29 is 19.4 Å². The van der Waals surface area contributed by atoms with Crippen LogP contribution >= 0.6 is 11.6 Å². The van der Waals surface area contributed by atoms with E-state index in [1.54, 1.807) is 30.3 Å². The number of halogens is 1. The lowest BCUT2D eigenvalue weighted by Gasteiger charge is -2.10. The van der Waals surface area contributed by atoms with Gasteiger partial charge in [0.15, 0.2) is 0 Å². The van der Waals surface area contributed by atoms with E-state index in [0.717, 1.165) is 10.9 Å². The molecule has 2 aromatic heterocycles. The third-order valence-corrected chi connectivity index (χ3v) is 5.22. The molecule has 32 heavy (non-hydrogen) atoms. The van der Waals surface area contributed by atoms with Gasteiger partial charge in [0.25, 0.3) is 5.91 Å². The molecule has 0 radical (unpaired) electrons. The van der Waals surface area contributed by atoms with Crippen molar-refractivity contribution in [2.45, 2.75) is 19.9 Å². The molecule has 0 aliphatic carbocycles. The van der Waals surface area contributed by atoms with Gasteiger partial charge >= 0.3 is 5.97 Å². The fraction of sp³-hybridized carbons (Fsp3) is 0.125. The van der Waals surface area contributed by atoms with Crippen LogP contribution in [0.25, 0.3) is 10.9 Å². The number of nitrogens with zero attached hydrogens (tertiary/aromatic N) is 2. The number of hydrogen-bond acceptors (Lipinski definition) is 4. The molecule has 0 fully saturated rings. The molecule has 7 nitrogen and oxygen atoms in total. The second-order valence-electron chi connectivity index (χ2n) is 7.11. The van der Waals surface area contributed by atoms with Crippen molar-refractivity contribution in [1.29, 1.82) is 0 Å². The van der Waals surface area contributed by atoms with Crippen LogP contribution in [0.2, 0.25) is 5.02 Å². The summed E-state index contributed by atoms with van der Waals surface area (Å²) in [6.45, 7) is 2.67. The van der Waals surface area contributed by atoms with Gasteiger partial charge in [-0.15, -0.1) is 0 Å². The van der Waals surface area contributed by atoms with E-state index in [2.05, 4.69) is 10.3 Å². The highest BCUT2D eigenvalue weighted by molar-refractivity contribution is 6.32. The van der Waals surface area contributed by atoms with Crippen molar-refractivity contribution in [2.75, 3.05) is 5.32 Å². The van der Waals surface area contributed by atoms with Crippen molar-refractivity contribution in [3.63, 3.8) is 0 Å². The van der Waals surface area contributed by atoms with Crippen LogP contribution in [0.5, 0.6) is 11.6 Å². The predicted molar refractivity (Wildman–Crippen MR) is 123 cm³/mol. The largest absolute Gasteiger partial charge is 0.481 e. The summed E-state index contributed by atoms with van der Waals surface area (Å²) in [6, 6.07) is 17.8. The van der Waals surface area contributed by atoms with Gasteiger partial charge in [0.2, 0.25) is 5.88 Å². The Morgan fingerprint density at radius 1 is 1.12 bits per heavy atom. The number of carboxylic acid groups (broad SMARTS) is 1. The van der Waals surface area contributed by atoms with Crippen molar-refractivity contribution >= 4 is 40.1 Å². The lowest BCUT2D eigenvalue weighted by molar-refractivity contribution is -0.136. The van der Waals surface area contributed by atoms with E-state index in [-0.39, 0.29) is 17.4 Å². The molecule has 2 heterocycles. The number of benzene rings is 2. The normalized spacial score (nSPS) is 10.8. The maximum atomic E-state index is 12.8. The van der Waals surface area contributed by atoms with Gasteiger partial charge < -0.3 is 19.7 Å². The molecule has 4 aromatic rings. The summed E-state index contributed by atoms with van der Waals surface area (Å²) in [4.78, 5) is 27.9. The highest BCUT2D eigenvalue weighted by atomic mass is 35.5. The van der Waals surface area contributed by atoms with Gasteiger partial charge in [-0.1, -0.05) is 35.9 Å². The van der Waals surface area contributed by atoms with Crippen LogP contribution in [0.4, 0.5) is 5.69 Å². The molecule has 0 unspecified atom stereocenters. The van der Waals surface area contributed by atoms with Gasteiger partial charge in [-0.25, -0.2) is 4.98 Å². The monoisotopic (exact) mass is 449 g/mol. The Hall–Kier alpha value is -3.84. The van der Waals surface area contributed by atoms with Crippen LogP contribution in [0.15, 0.2) is 66.9 Å². The lowest BCUT2D eigenvalue weighted by Crippen LogP contribution is -2.16. The highest BCUT2D eigenvalue weighted by Gasteiger charge is 2.15. The first-order valence-corrected chi connectivity index (χ1v) is 10.4. The second-order valence-corrected chi connectivity index (χ2v) is 7.52. The molecule has 0 aliphatic heterocycles. The first kappa shape index (κ1) is 21.4. The zero-order valence-corrected chi connectivity index (χ0v) is 18.0. The number of para-hydroxylation sites is 1. The molecule has 0 atom stereocenters. The average Bonchev–Trinajstić information content (AvgIpc) is 3.15. The van der Waals surface area contributed by atoms with Gasteiger partial charge in [-0.3, -0.25) is 9.59 Å². The number of carboxylic acids is 1. The molecular formula is C24H20ClN3O4. The van der Waals surface area contributed by atoms with E-state index in [1.807, 2.05) is 41.8 Å². The van der Waals surface area contributed by atoms with Crippen LogP contribution in [0.1, 0.15) is 23.0 Å². The quantitative estimate of drug-likeness (QED) is 0.395. The Balaban J connectivity index is 1.46. The molecular weight excluding hydrogens is 430 g/mol. The molecule has 0 saturated heterocycles. The number of carbonyl (C=O) groups is 2. The third-order valence-electron chi connectivity index (χ3n) is 4.92. The summed E-state index contributed by atoms with van der Waals surface area (Å²) in [5.74, 6) is -0.514. The minimum Gasteiger partial charge on any atom is -0.481 e. The number of pyridine rings is 1. The summed E-state index contributed by atoms with van der Waals surface area (Å²) >= 11 is 6.19. The SMILES string of the molecule is CCn1c(C(=O)Nc2ccc(Oc3ccc(CC(=O)O)cc3Cl)nc2)cc2ccccc21. The van der Waals surface area contributed by atoms with Gasteiger partial charge in [0.1, 0.15) is 11.4 Å². The predicted octanol–water partition coefficient (Wildman–Crippen LogP) is 5.38. The summed E-state index contributed by atoms with van der Waals surface area (Å²) < 4.78 is 7.65. The van der Waals surface area contributed by atoms with Gasteiger partial charge in [-0.05, 0) is 42.8 Å². The minimum atomic E-state index is -0.937. The van der Waals surface area contributed by atoms with Crippen LogP contribution in [-0.4, -0.2) is 26.5 Å². The topological polar surface area (TPSA) is 93.5 Å². The zero-order chi connectivity index (χ0) is 22.7. The molecule has 2 N–H and O–H groups in total. The van der Waals surface area contributed by atoms with E-state index < -0.39 is 5.97 Å². The second kappa shape index (κ2) is 9.11. The first-order valence-electron chi connectivity index (χ1n) is 9.98. The minimum absolute atomic E-state index is 0.121. The van der Waals surface area contributed by atoms with Crippen LogP contribution < -0.4 is 10.1 Å². The van der Waals surface area contributed by atoms with Crippen LogP contribution in [-0.2, 0) is 17.8 Å². The fourth-order valence-corrected chi connectivity index (χ4v) is 3.71. The van der Waals surface area contributed by atoms with Crippen LogP contribution in [0.3, 0.4) is 0 Å². The van der Waals surface area contributed by atoms with E-state index >= 15 is 0 Å². The number of hydrogen-bond donors (Lipinski definition) is 2. The number of amides is 1. The van der Waals surface area contributed by atoms with Gasteiger partial charge in [-0.2, -0.15) is 0 Å². The number of ether oxygens (including phenoxy) is 1. The van der Waals surface area contributed by atoms with Crippen molar-refractivity contribution in [2.24, 2.45) is 0 Å².